The lowest BCUT2D eigenvalue weighted by molar-refractivity contribution is -0.199. The minimum absolute atomic E-state index is 0.00775. The van der Waals surface area contributed by atoms with Gasteiger partial charge in [-0.2, -0.15) is 0 Å². The van der Waals surface area contributed by atoms with Gasteiger partial charge < -0.3 is 24.6 Å². The van der Waals surface area contributed by atoms with Gasteiger partial charge in [-0.1, -0.05) is 64.1 Å². The molecule has 9 atom stereocenters. The molecule has 3 aliphatic carbocycles. The summed E-state index contributed by atoms with van der Waals surface area (Å²) in [5, 5.41) is 33.3. The number of ether oxygens (including phenoxy) is 1. The molecule has 0 spiro atoms. The number of carbonyl (C=O) groups excluding carboxylic acids is 1. The normalized spacial score (nSPS) is 37.7. The van der Waals surface area contributed by atoms with Crippen LogP contribution < -0.4 is 10.2 Å². The Labute approximate surface area is 252 Å². The summed E-state index contributed by atoms with van der Waals surface area (Å²) >= 11 is 0. The van der Waals surface area contributed by atoms with Crippen molar-refractivity contribution in [2.24, 2.45) is 39.9 Å². The molecule has 230 valence electrons. The molecule has 2 aromatic rings. The zero-order valence-corrected chi connectivity index (χ0v) is 25.4. The monoisotopic (exact) mass is 592 g/mol. The molecule has 0 amide bonds. The standard InChI is InChI=1S/C34H42BFO7/c1-19-12-14-34-15-13-24(37)29(34)33(19,4)23(17-32(3,30(38)20(34)2)16-21-8-6-5-7-9-21)28(31(39)40)43-25-11-10-22-18-42-35(41)26(22)27(25)36/h5-11,19-20,23,28-30,38,41H,12-18H2,1-4H3,(H,39,40)/t19-,20+,23+,28?,29+,30+,32+,33-,34+/m1/s1. The molecule has 3 saturated carbocycles. The van der Waals surface area contributed by atoms with Crippen molar-refractivity contribution in [3.63, 3.8) is 0 Å². The minimum Gasteiger partial charge on any atom is -0.478 e. The van der Waals surface area contributed by atoms with Crippen LogP contribution in [0.1, 0.15) is 70.9 Å². The summed E-state index contributed by atoms with van der Waals surface area (Å²) in [6.07, 6.45) is 1.14. The topological polar surface area (TPSA) is 113 Å². The Morgan fingerprint density at radius 1 is 1.16 bits per heavy atom. The average molecular weight is 593 g/mol. The fourth-order valence-electron chi connectivity index (χ4n) is 9.80. The van der Waals surface area contributed by atoms with E-state index in [-0.39, 0.29) is 41.9 Å². The third kappa shape index (κ3) is 4.56. The first kappa shape index (κ1) is 30.3. The number of benzene rings is 2. The maximum Gasteiger partial charge on any atom is 0.494 e. The first-order valence-electron chi connectivity index (χ1n) is 15.6. The van der Waals surface area contributed by atoms with Crippen LogP contribution in [0.3, 0.4) is 0 Å². The van der Waals surface area contributed by atoms with E-state index in [9.17, 15) is 24.8 Å². The van der Waals surface area contributed by atoms with Gasteiger partial charge >= 0.3 is 13.1 Å². The Kier molecular flexibility index (Phi) is 7.54. The molecule has 43 heavy (non-hydrogen) atoms. The second-order valence-corrected chi connectivity index (χ2v) is 14.3. The van der Waals surface area contributed by atoms with E-state index in [4.69, 9.17) is 9.39 Å². The van der Waals surface area contributed by atoms with E-state index >= 15 is 4.39 Å². The number of Topliss-reactive ketones (excluding diaryl/α,β-unsaturated/α-hetero) is 1. The number of aliphatic carboxylic acids is 1. The third-order valence-corrected chi connectivity index (χ3v) is 12.2. The molecule has 3 fully saturated rings. The molecule has 9 heteroatoms. The summed E-state index contributed by atoms with van der Waals surface area (Å²) in [5.41, 5.74) is -0.529. The first-order chi connectivity index (χ1) is 20.3. The summed E-state index contributed by atoms with van der Waals surface area (Å²) in [7, 11) is -1.46. The number of rotatable bonds is 6. The molecule has 6 rings (SSSR count). The molecule has 1 unspecified atom stereocenters. The van der Waals surface area contributed by atoms with Gasteiger partial charge in [-0.25, -0.2) is 9.18 Å². The predicted octanol–water partition coefficient (Wildman–Crippen LogP) is 4.54. The van der Waals surface area contributed by atoms with E-state index in [0.717, 1.165) is 18.4 Å². The van der Waals surface area contributed by atoms with Crippen molar-refractivity contribution in [3.8, 4) is 5.75 Å². The van der Waals surface area contributed by atoms with E-state index in [0.29, 0.717) is 24.8 Å². The number of ketones is 1. The zero-order valence-electron chi connectivity index (χ0n) is 25.4. The van der Waals surface area contributed by atoms with Gasteiger partial charge in [0.2, 0.25) is 0 Å². The van der Waals surface area contributed by atoms with Crippen LogP contribution in [0.2, 0.25) is 0 Å². The Morgan fingerprint density at radius 2 is 1.88 bits per heavy atom. The lowest BCUT2D eigenvalue weighted by Crippen LogP contribution is -2.64. The minimum atomic E-state index is -1.50. The second kappa shape index (κ2) is 10.7. The van der Waals surface area contributed by atoms with Crippen molar-refractivity contribution in [1.29, 1.82) is 0 Å². The Balaban J connectivity index is 1.51. The predicted molar refractivity (Wildman–Crippen MR) is 159 cm³/mol. The van der Waals surface area contributed by atoms with Gasteiger partial charge in [0, 0.05) is 23.7 Å². The fraction of sp³-hybridized carbons (Fsp3) is 0.588. The molecule has 1 aliphatic heterocycles. The highest BCUT2D eigenvalue weighted by molar-refractivity contribution is 6.61. The summed E-state index contributed by atoms with van der Waals surface area (Å²) < 4.78 is 27.1. The number of halogens is 1. The average Bonchev–Trinajstić information content (AvgIpc) is 3.53. The van der Waals surface area contributed by atoms with Gasteiger partial charge in [0.25, 0.3) is 0 Å². The molecule has 3 N–H and O–H groups in total. The molecule has 2 aromatic carbocycles. The molecule has 0 saturated heterocycles. The summed E-state index contributed by atoms with van der Waals surface area (Å²) in [4.78, 5) is 27.1. The van der Waals surface area contributed by atoms with Gasteiger partial charge in [-0.05, 0) is 77.4 Å². The van der Waals surface area contributed by atoms with E-state index in [1.165, 1.54) is 6.07 Å². The second-order valence-electron chi connectivity index (χ2n) is 14.3. The maximum absolute atomic E-state index is 15.8. The highest BCUT2D eigenvalue weighted by atomic mass is 19.1. The molecule has 0 radical (unpaired) electrons. The lowest BCUT2D eigenvalue weighted by atomic mass is 9.41. The SMILES string of the molecule is C[C@@H]1CC[C@@]23CCC(=O)[C@H]2[C@@]1(C)[C@H](C(Oc1ccc2c(c1F)B(O)OC2)C(=O)O)C[C@](C)(Cc1ccccc1)[C@@H](O)[C@@H]3C. The van der Waals surface area contributed by atoms with Crippen molar-refractivity contribution in [2.75, 3.05) is 0 Å². The fourth-order valence-corrected chi connectivity index (χ4v) is 9.80. The van der Waals surface area contributed by atoms with Gasteiger partial charge in [0.05, 0.1) is 12.7 Å². The highest BCUT2D eigenvalue weighted by Crippen LogP contribution is 2.69. The van der Waals surface area contributed by atoms with Crippen molar-refractivity contribution >= 4 is 24.3 Å². The molecular weight excluding hydrogens is 550 g/mol. The van der Waals surface area contributed by atoms with Crippen LogP contribution in [0.15, 0.2) is 42.5 Å². The van der Waals surface area contributed by atoms with E-state index in [1.54, 1.807) is 6.07 Å². The number of aliphatic hydroxyl groups is 1. The van der Waals surface area contributed by atoms with E-state index in [2.05, 4.69) is 13.8 Å². The van der Waals surface area contributed by atoms with E-state index < -0.39 is 59.2 Å². The molecule has 4 aliphatic rings. The summed E-state index contributed by atoms with van der Waals surface area (Å²) in [6.45, 7) is 8.30. The maximum atomic E-state index is 15.8. The largest absolute Gasteiger partial charge is 0.494 e. The van der Waals surface area contributed by atoms with Gasteiger partial charge in [0.15, 0.2) is 17.7 Å². The van der Waals surface area contributed by atoms with Crippen LogP contribution in [0, 0.1) is 45.7 Å². The van der Waals surface area contributed by atoms with Crippen molar-refractivity contribution < 1.29 is 38.6 Å². The number of fused-ring (bicyclic) bond motifs is 1. The smallest absolute Gasteiger partial charge is 0.478 e. The van der Waals surface area contributed by atoms with Crippen LogP contribution in [0.25, 0.3) is 0 Å². The Morgan fingerprint density at radius 3 is 2.58 bits per heavy atom. The lowest BCUT2D eigenvalue weighted by Gasteiger charge is -2.63. The van der Waals surface area contributed by atoms with Crippen LogP contribution in [0.5, 0.6) is 5.75 Å². The number of hydrogen-bond acceptors (Lipinski definition) is 6. The molecular formula is C34H42BFO7. The number of aliphatic hydroxyl groups excluding tert-OH is 1. The van der Waals surface area contributed by atoms with Crippen molar-refractivity contribution in [1.82, 2.24) is 0 Å². The van der Waals surface area contributed by atoms with Crippen LogP contribution in [-0.2, 0) is 27.3 Å². The number of carboxylic acids is 1. The molecule has 0 aromatic heterocycles. The Hall–Kier alpha value is -2.75. The van der Waals surface area contributed by atoms with Crippen LogP contribution in [-0.4, -0.2) is 46.3 Å². The third-order valence-electron chi connectivity index (χ3n) is 12.2. The van der Waals surface area contributed by atoms with Crippen molar-refractivity contribution in [3.05, 3.63) is 59.4 Å². The highest BCUT2D eigenvalue weighted by Gasteiger charge is 2.69. The number of carbonyl (C=O) groups is 2. The molecule has 2 bridgehead atoms. The number of carboxylic acid groups (broad SMARTS) is 1. The van der Waals surface area contributed by atoms with Gasteiger partial charge in [-0.15, -0.1) is 0 Å². The Bertz CT molecular complexity index is 1420. The first-order valence-corrected chi connectivity index (χ1v) is 15.6. The zero-order chi connectivity index (χ0) is 30.9. The van der Waals surface area contributed by atoms with Crippen LogP contribution in [0.4, 0.5) is 4.39 Å². The summed E-state index contributed by atoms with van der Waals surface area (Å²) in [5.74, 6) is -3.58. The molecule has 1 heterocycles. The summed E-state index contributed by atoms with van der Waals surface area (Å²) in [6, 6.07) is 12.9. The number of hydrogen-bond donors (Lipinski definition) is 3. The van der Waals surface area contributed by atoms with Gasteiger partial charge in [0.1, 0.15) is 5.78 Å². The quantitative estimate of drug-likeness (QED) is 0.422. The molecule has 7 nitrogen and oxygen atoms in total. The van der Waals surface area contributed by atoms with Gasteiger partial charge in [-0.3, -0.25) is 4.79 Å². The van der Waals surface area contributed by atoms with E-state index in [1.807, 2.05) is 44.2 Å². The van der Waals surface area contributed by atoms with Crippen LogP contribution >= 0.6 is 0 Å². The van der Waals surface area contributed by atoms with Crippen molar-refractivity contribution in [2.45, 2.75) is 85.0 Å².